The summed E-state index contributed by atoms with van der Waals surface area (Å²) in [4.78, 5) is 8.64. The molecule has 0 unspecified atom stereocenters. The predicted octanol–water partition coefficient (Wildman–Crippen LogP) is 5.02. The van der Waals surface area contributed by atoms with Gasteiger partial charge in [-0.05, 0) is 72.5 Å². The highest BCUT2D eigenvalue weighted by molar-refractivity contribution is 6.30. The molecule has 0 fully saturated rings. The van der Waals surface area contributed by atoms with Crippen molar-refractivity contribution in [2.75, 3.05) is 5.88 Å². The van der Waals surface area contributed by atoms with Gasteiger partial charge in [-0.2, -0.15) is 0 Å². The van der Waals surface area contributed by atoms with Gasteiger partial charge in [0.25, 0.3) is 0 Å². The van der Waals surface area contributed by atoms with Crippen LogP contribution in [0.3, 0.4) is 0 Å². The summed E-state index contributed by atoms with van der Waals surface area (Å²) in [5.74, 6) is 25.6. The van der Waals surface area contributed by atoms with Crippen LogP contribution < -0.4 is 12.3 Å². The highest BCUT2D eigenvalue weighted by Crippen LogP contribution is 2.23. The molecule has 3 aromatic rings. The van der Waals surface area contributed by atoms with Gasteiger partial charge in [0, 0.05) is 17.0 Å². The van der Waals surface area contributed by atoms with Crippen LogP contribution in [0, 0.1) is 59.2 Å². The average molecular weight is 433 g/mol. The van der Waals surface area contributed by atoms with Crippen molar-refractivity contribution in [2.24, 2.45) is 0 Å². The van der Waals surface area contributed by atoms with Crippen molar-refractivity contribution in [3.05, 3.63) is 47.7 Å². The molecule has 0 atom stereocenters. The van der Waals surface area contributed by atoms with Crippen LogP contribution in [-0.2, 0) is 0 Å². The lowest BCUT2D eigenvalue weighted by atomic mass is 10.1. The van der Waals surface area contributed by atoms with E-state index in [0.717, 1.165) is 21.8 Å². The number of alkyl halides is 1. The molecule has 6 heteroatoms. The molecule has 0 saturated carbocycles. The Labute approximate surface area is 186 Å². The molecular weight excluding hydrogens is 415 g/mol. The second kappa shape index (κ2) is 15.3. The molecule has 0 saturated heterocycles. The summed E-state index contributed by atoms with van der Waals surface area (Å²) in [5, 5.41) is 2.64. The molecule has 6 N–H and O–H groups in total. The minimum Gasteiger partial charge on any atom is -0.344 e. The third-order valence-electron chi connectivity index (χ3n) is 3.12. The van der Waals surface area contributed by atoms with Crippen molar-refractivity contribution < 1.29 is 0 Å². The zero-order valence-corrected chi connectivity index (χ0v) is 17.8. The standard InChI is InChI=1S/C12H7ClN2.C12H5Cl.2H3N/c13-10-6-5-9-4-3-8-2-1-7-14-11(8)12(9)15-10;1-2-3-4-5-6-7-8-9-10-11-12-13;;/h1-7H;12H2,1H3;2*1H3. The molecule has 30 heavy (non-hydrogen) atoms. The molecule has 0 bridgehead atoms. The Morgan fingerprint density at radius 1 is 0.767 bits per heavy atom. The fraction of sp³-hybridized carbons (Fsp3) is 0.0833. The fourth-order valence-corrected chi connectivity index (χ4v) is 2.24. The topological polar surface area (TPSA) is 95.8 Å². The summed E-state index contributed by atoms with van der Waals surface area (Å²) >= 11 is 11.2. The largest absolute Gasteiger partial charge is 0.344 e. The number of benzene rings is 1. The molecule has 0 spiro atoms. The molecule has 0 aliphatic heterocycles. The van der Waals surface area contributed by atoms with Crippen LogP contribution in [0.1, 0.15) is 6.92 Å². The van der Waals surface area contributed by atoms with Crippen molar-refractivity contribution in [3.63, 3.8) is 0 Å². The maximum Gasteiger partial charge on any atom is 0.129 e. The van der Waals surface area contributed by atoms with Gasteiger partial charge < -0.3 is 12.3 Å². The van der Waals surface area contributed by atoms with Gasteiger partial charge in [-0.3, -0.25) is 4.98 Å². The first-order chi connectivity index (χ1) is 13.8. The van der Waals surface area contributed by atoms with Crippen LogP contribution in [-0.4, -0.2) is 15.8 Å². The Morgan fingerprint density at radius 2 is 1.33 bits per heavy atom. The highest BCUT2D eigenvalue weighted by atomic mass is 35.5. The Morgan fingerprint density at radius 3 is 1.97 bits per heavy atom. The van der Waals surface area contributed by atoms with E-state index in [-0.39, 0.29) is 18.2 Å². The van der Waals surface area contributed by atoms with E-state index >= 15 is 0 Å². The van der Waals surface area contributed by atoms with Crippen molar-refractivity contribution in [2.45, 2.75) is 6.92 Å². The van der Waals surface area contributed by atoms with Crippen molar-refractivity contribution in [3.8, 4) is 59.2 Å². The van der Waals surface area contributed by atoms with E-state index in [1.54, 1.807) is 19.2 Å². The number of rotatable bonds is 0. The molecule has 1 aromatic carbocycles. The third-order valence-corrected chi connectivity index (χ3v) is 3.46. The summed E-state index contributed by atoms with van der Waals surface area (Å²) in [6, 6.07) is 11.8. The lowest BCUT2D eigenvalue weighted by Gasteiger charge is -2.01. The summed E-state index contributed by atoms with van der Waals surface area (Å²) < 4.78 is 0. The quantitative estimate of drug-likeness (QED) is 0.225. The zero-order chi connectivity index (χ0) is 20.0. The number of pyridine rings is 2. The zero-order valence-electron chi connectivity index (χ0n) is 16.3. The van der Waals surface area contributed by atoms with Crippen LogP contribution in [0.25, 0.3) is 21.8 Å². The average Bonchev–Trinajstić information content (AvgIpc) is 2.73. The molecule has 0 aliphatic carbocycles. The molecule has 0 radical (unpaired) electrons. The molecule has 4 nitrogen and oxygen atoms in total. The Kier molecular flexibility index (Phi) is 13.4. The van der Waals surface area contributed by atoms with Crippen molar-refractivity contribution in [1.29, 1.82) is 0 Å². The Hall–Kier alpha value is -3.66. The van der Waals surface area contributed by atoms with E-state index in [4.69, 9.17) is 23.2 Å². The maximum absolute atomic E-state index is 5.88. The third kappa shape index (κ3) is 8.57. The van der Waals surface area contributed by atoms with E-state index in [1.807, 2.05) is 30.3 Å². The molecule has 0 amide bonds. The lowest BCUT2D eigenvalue weighted by Crippen LogP contribution is -1.84. The van der Waals surface area contributed by atoms with Crippen LogP contribution in [0.2, 0.25) is 5.15 Å². The molecular formula is C24H18Cl2N4. The first-order valence-corrected chi connectivity index (χ1v) is 8.93. The minimum atomic E-state index is 0. The van der Waals surface area contributed by atoms with Gasteiger partial charge in [-0.25, -0.2) is 4.98 Å². The van der Waals surface area contributed by atoms with Crippen molar-refractivity contribution in [1.82, 2.24) is 22.3 Å². The van der Waals surface area contributed by atoms with Gasteiger partial charge in [0.15, 0.2) is 0 Å². The highest BCUT2D eigenvalue weighted by Gasteiger charge is 2.02. The van der Waals surface area contributed by atoms with E-state index in [2.05, 4.69) is 69.2 Å². The van der Waals surface area contributed by atoms with Gasteiger partial charge >= 0.3 is 0 Å². The van der Waals surface area contributed by atoms with E-state index in [9.17, 15) is 0 Å². The first-order valence-electron chi connectivity index (χ1n) is 8.02. The number of nitrogens with zero attached hydrogens (tertiary/aromatic N) is 2. The summed E-state index contributed by atoms with van der Waals surface area (Å²) in [5.41, 5.74) is 1.76. The van der Waals surface area contributed by atoms with E-state index in [0.29, 0.717) is 5.15 Å². The molecule has 0 aliphatic rings. The van der Waals surface area contributed by atoms with Gasteiger partial charge in [0.2, 0.25) is 0 Å². The van der Waals surface area contributed by atoms with Crippen LogP contribution in [0.15, 0.2) is 42.6 Å². The minimum absolute atomic E-state index is 0. The second-order valence-corrected chi connectivity index (χ2v) is 5.56. The van der Waals surface area contributed by atoms with Crippen LogP contribution in [0.4, 0.5) is 0 Å². The molecule has 2 aromatic heterocycles. The van der Waals surface area contributed by atoms with Gasteiger partial charge in [-0.15, -0.1) is 11.6 Å². The van der Waals surface area contributed by atoms with Gasteiger partial charge in [0.1, 0.15) is 5.15 Å². The fourth-order valence-electron chi connectivity index (χ4n) is 2.03. The SMILES string of the molecule is CC#CC#CC#CC#CC#CCCl.Clc1ccc2ccc3cccnc3c2n1.N.N. The number of hydrogen-bond acceptors (Lipinski definition) is 4. The van der Waals surface area contributed by atoms with Crippen LogP contribution >= 0.6 is 23.2 Å². The summed E-state index contributed by atoms with van der Waals surface area (Å²) in [6.45, 7) is 1.71. The normalized spacial score (nSPS) is 7.43. The number of halogens is 2. The monoisotopic (exact) mass is 432 g/mol. The smallest absolute Gasteiger partial charge is 0.129 e. The van der Waals surface area contributed by atoms with Crippen molar-refractivity contribution >= 4 is 45.0 Å². The van der Waals surface area contributed by atoms with E-state index < -0.39 is 0 Å². The van der Waals surface area contributed by atoms with Gasteiger partial charge in [-0.1, -0.05) is 41.6 Å². The summed E-state index contributed by atoms with van der Waals surface area (Å²) in [7, 11) is 0. The Balaban J connectivity index is 0.000000533. The Bertz CT molecular complexity index is 1310. The van der Waals surface area contributed by atoms with Crippen LogP contribution in [0.5, 0.6) is 0 Å². The predicted molar refractivity (Wildman–Crippen MR) is 127 cm³/mol. The molecule has 2 heterocycles. The number of aromatic nitrogens is 2. The first kappa shape index (κ1) is 26.3. The lowest BCUT2D eigenvalue weighted by molar-refractivity contribution is 1.37. The van der Waals surface area contributed by atoms with Gasteiger partial charge in [0.05, 0.1) is 16.9 Å². The number of hydrogen-bond donors (Lipinski definition) is 2. The van der Waals surface area contributed by atoms with E-state index in [1.165, 1.54) is 0 Å². The summed E-state index contributed by atoms with van der Waals surface area (Å²) in [6.07, 6.45) is 1.77. The molecule has 148 valence electrons. The number of fused-ring (bicyclic) bond motifs is 3. The second-order valence-electron chi connectivity index (χ2n) is 4.91. The molecule has 3 rings (SSSR count). The maximum atomic E-state index is 5.88.